The highest BCUT2D eigenvalue weighted by Crippen LogP contribution is 2.22. The summed E-state index contributed by atoms with van der Waals surface area (Å²) >= 11 is 5.00. The second-order valence-corrected chi connectivity index (χ2v) is 5.01. The molecule has 5 heteroatoms. The van der Waals surface area contributed by atoms with Gasteiger partial charge in [-0.15, -0.1) is 0 Å². The highest BCUT2D eigenvalue weighted by Gasteiger charge is 2.20. The molecule has 0 bridgehead atoms. The molecule has 0 saturated heterocycles. The fourth-order valence-corrected chi connectivity index (χ4v) is 1.31. The van der Waals surface area contributed by atoms with Crippen molar-refractivity contribution < 1.29 is 14.2 Å². The first kappa shape index (κ1) is 16.8. The number of nitrogens with two attached hydrogens (primary N) is 1. The van der Waals surface area contributed by atoms with E-state index in [4.69, 9.17) is 32.2 Å². The molecule has 0 aliphatic heterocycles. The summed E-state index contributed by atoms with van der Waals surface area (Å²) in [5.74, 6) is 0. The van der Waals surface area contributed by atoms with Gasteiger partial charge in [0.25, 0.3) is 0 Å². The highest BCUT2D eigenvalue weighted by molar-refractivity contribution is 7.80. The molecule has 102 valence electrons. The van der Waals surface area contributed by atoms with Crippen LogP contribution in [0.25, 0.3) is 0 Å². The van der Waals surface area contributed by atoms with Gasteiger partial charge in [-0.3, -0.25) is 0 Å². The van der Waals surface area contributed by atoms with Gasteiger partial charge in [0.05, 0.1) is 31.4 Å². The van der Waals surface area contributed by atoms with Gasteiger partial charge in [0.2, 0.25) is 0 Å². The fourth-order valence-electron chi connectivity index (χ4n) is 1.20. The van der Waals surface area contributed by atoms with Crippen LogP contribution in [0.4, 0.5) is 0 Å². The Kier molecular flexibility index (Phi) is 9.63. The van der Waals surface area contributed by atoms with Gasteiger partial charge in [0, 0.05) is 19.1 Å². The van der Waals surface area contributed by atoms with Crippen LogP contribution in [0, 0.1) is 5.41 Å². The van der Waals surface area contributed by atoms with Gasteiger partial charge in [-0.25, -0.2) is 0 Å². The fraction of sp³-hybridized carbons (Fsp3) is 0.917. The average Bonchev–Trinajstić information content (AvgIpc) is 2.26. The Morgan fingerprint density at radius 2 is 1.59 bits per heavy atom. The monoisotopic (exact) mass is 263 g/mol. The van der Waals surface area contributed by atoms with E-state index in [1.165, 1.54) is 0 Å². The Morgan fingerprint density at radius 1 is 1.06 bits per heavy atom. The summed E-state index contributed by atoms with van der Waals surface area (Å²) in [6.45, 7) is 7.32. The Balaban J connectivity index is 3.27. The van der Waals surface area contributed by atoms with Gasteiger partial charge in [-0.05, 0) is 12.8 Å². The molecule has 0 aromatic heterocycles. The van der Waals surface area contributed by atoms with E-state index in [9.17, 15) is 0 Å². The maximum atomic E-state index is 5.64. The molecule has 17 heavy (non-hydrogen) atoms. The van der Waals surface area contributed by atoms with Crippen molar-refractivity contribution in [1.29, 1.82) is 0 Å². The predicted octanol–water partition coefficient (Wildman–Crippen LogP) is 1.76. The van der Waals surface area contributed by atoms with Gasteiger partial charge >= 0.3 is 0 Å². The largest absolute Gasteiger partial charge is 0.393 e. The summed E-state index contributed by atoms with van der Waals surface area (Å²) in [6.07, 6.45) is 1.91. The van der Waals surface area contributed by atoms with Gasteiger partial charge in [0.1, 0.15) is 0 Å². The third-order valence-electron chi connectivity index (χ3n) is 2.56. The second-order valence-electron chi connectivity index (χ2n) is 4.57. The normalized spacial score (nSPS) is 11.7. The summed E-state index contributed by atoms with van der Waals surface area (Å²) in [7, 11) is 1.66. The third-order valence-corrected chi connectivity index (χ3v) is 3.11. The molecule has 0 rings (SSSR count). The zero-order valence-electron chi connectivity index (χ0n) is 11.2. The van der Waals surface area contributed by atoms with Crippen molar-refractivity contribution in [2.24, 2.45) is 11.1 Å². The molecule has 0 aliphatic rings. The first-order valence-corrected chi connectivity index (χ1v) is 6.36. The summed E-state index contributed by atoms with van der Waals surface area (Å²) in [4.78, 5) is 0.570. The molecule has 0 radical (unpaired) electrons. The minimum atomic E-state index is -0.0757. The van der Waals surface area contributed by atoms with Crippen LogP contribution in [0.15, 0.2) is 0 Å². The first-order chi connectivity index (χ1) is 8.00. The summed E-state index contributed by atoms with van der Waals surface area (Å²) in [5.41, 5.74) is 5.56. The molecule has 0 spiro atoms. The molecule has 4 nitrogen and oxygen atoms in total. The molecular formula is C12H25NO3S. The van der Waals surface area contributed by atoms with E-state index < -0.39 is 0 Å². The van der Waals surface area contributed by atoms with Crippen molar-refractivity contribution >= 4 is 17.2 Å². The SMILES string of the molecule is COCCOCCOCCCC(C)(C)C(N)=S. The molecule has 0 aromatic carbocycles. The minimum absolute atomic E-state index is 0.0757. The smallest absolute Gasteiger partial charge is 0.0784 e. The molecule has 2 N–H and O–H groups in total. The van der Waals surface area contributed by atoms with Crippen molar-refractivity contribution in [1.82, 2.24) is 0 Å². The molecule has 0 saturated carbocycles. The maximum absolute atomic E-state index is 5.64. The quantitative estimate of drug-likeness (QED) is 0.455. The van der Waals surface area contributed by atoms with Gasteiger partial charge in [-0.2, -0.15) is 0 Å². The Bertz CT molecular complexity index is 210. The van der Waals surface area contributed by atoms with E-state index >= 15 is 0 Å². The predicted molar refractivity (Wildman–Crippen MR) is 73.3 cm³/mol. The molecule has 0 heterocycles. The zero-order valence-corrected chi connectivity index (χ0v) is 12.0. The van der Waals surface area contributed by atoms with Gasteiger partial charge in [0.15, 0.2) is 0 Å². The van der Waals surface area contributed by atoms with Crippen LogP contribution >= 0.6 is 12.2 Å². The lowest BCUT2D eigenvalue weighted by molar-refractivity contribution is 0.0232. The Labute approximate surface area is 110 Å². The molecule has 0 unspecified atom stereocenters. The number of hydrogen-bond donors (Lipinski definition) is 1. The van der Waals surface area contributed by atoms with Crippen LogP contribution in [0.3, 0.4) is 0 Å². The number of rotatable bonds is 11. The number of ether oxygens (including phenoxy) is 3. The van der Waals surface area contributed by atoms with E-state index in [0.717, 1.165) is 19.4 Å². The Hall–Kier alpha value is -0.230. The summed E-state index contributed by atoms with van der Waals surface area (Å²) < 4.78 is 15.6. The van der Waals surface area contributed by atoms with Crippen LogP contribution < -0.4 is 5.73 Å². The van der Waals surface area contributed by atoms with E-state index in [-0.39, 0.29) is 5.41 Å². The van der Waals surface area contributed by atoms with E-state index in [2.05, 4.69) is 13.8 Å². The summed E-state index contributed by atoms with van der Waals surface area (Å²) in [6, 6.07) is 0. The lowest BCUT2D eigenvalue weighted by Crippen LogP contribution is -2.29. The second kappa shape index (κ2) is 9.76. The number of methoxy groups -OCH3 is 1. The Morgan fingerprint density at radius 3 is 2.12 bits per heavy atom. The van der Waals surface area contributed by atoms with Crippen molar-refractivity contribution in [2.45, 2.75) is 26.7 Å². The average molecular weight is 263 g/mol. The van der Waals surface area contributed by atoms with Crippen LogP contribution in [-0.4, -0.2) is 45.1 Å². The molecule has 0 atom stereocenters. The van der Waals surface area contributed by atoms with E-state index in [1.54, 1.807) is 7.11 Å². The third kappa shape index (κ3) is 9.47. The van der Waals surface area contributed by atoms with Crippen LogP contribution in [-0.2, 0) is 14.2 Å². The standard InChI is InChI=1S/C12H25NO3S/c1-12(2,11(13)17)5-4-6-15-9-10-16-8-7-14-3/h4-10H2,1-3H3,(H2,13,17). The summed E-state index contributed by atoms with van der Waals surface area (Å²) in [5, 5.41) is 0. The molecule has 0 fully saturated rings. The minimum Gasteiger partial charge on any atom is -0.393 e. The molecule has 0 aromatic rings. The van der Waals surface area contributed by atoms with Crippen LogP contribution in [0.2, 0.25) is 0 Å². The van der Waals surface area contributed by atoms with Gasteiger partial charge < -0.3 is 19.9 Å². The lowest BCUT2D eigenvalue weighted by Gasteiger charge is -2.22. The van der Waals surface area contributed by atoms with E-state index in [0.29, 0.717) is 31.4 Å². The first-order valence-electron chi connectivity index (χ1n) is 5.95. The van der Waals surface area contributed by atoms with Crippen molar-refractivity contribution in [3.8, 4) is 0 Å². The van der Waals surface area contributed by atoms with Crippen molar-refractivity contribution in [2.75, 3.05) is 40.1 Å². The maximum Gasteiger partial charge on any atom is 0.0784 e. The molecular weight excluding hydrogens is 238 g/mol. The number of hydrogen-bond acceptors (Lipinski definition) is 4. The lowest BCUT2D eigenvalue weighted by atomic mass is 9.88. The van der Waals surface area contributed by atoms with Crippen LogP contribution in [0.1, 0.15) is 26.7 Å². The van der Waals surface area contributed by atoms with E-state index in [1.807, 2.05) is 0 Å². The van der Waals surface area contributed by atoms with Crippen LogP contribution in [0.5, 0.6) is 0 Å². The number of thiocarbonyl (C=S) groups is 1. The van der Waals surface area contributed by atoms with Crippen molar-refractivity contribution in [3.63, 3.8) is 0 Å². The van der Waals surface area contributed by atoms with Crippen molar-refractivity contribution in [3.05, 3.63) is 0 Å². The van der Waals surface area contributed by atoms with Gasteiger partial charge in [-0.1, -0.05) is 26.1 Å². The molecule has 0 amide bonds. The topological polar surface area (TPSA) is 53.7 Å². The highest BCUT2D eigenvalue weighted by atomic mass is 32.1. The molecule has 0 aliphatic carbocycles. The zero-order chi connectivity index (χ0) is 13.1.